The molecule has 0 fully saturated rings. The molecule has 6 heterocycles. The number of benzene rings is 4. The fourth-order valence-electron chi connectivity index (χ4n) is 7.96. The summed E-state index contributed by atoms with van der Waals surface area (Å²) in [5.74, 6) is -71.4. The Labute approximate surface area is 460 Å². The van der Waals surface area contributed by atoms with E-state index < -0.39 is 144 Å². The maximum atomic E-state index is 15.4. The Morgan fingerprint density at radius 2 is 0.305 bits per heavy atom. The summed E-state index contributed by atoms with van der Waals surface area (Å²) in [6.07, 6.45) is 3.39. The van der Waals surface area contributed by atoms with Crippen LogP contribution in [-0.4, -0.2) is 36.0 Å². The van der Waals surface area contributed by atoms with Crippen LogP contribution >= 0.6 is 0 Å². The van der Waals surface area contributed by atoms with E-state index in [9.17, 15) is 52.7 Å². The molecule has 0 aliphatic carbocycles. The number of nitrogens with zero attached hydrogens (tertiary/aromatic N) is 6. The van der Waals surface area contributed by atoms with Gasteiger partial charge in [0.15, 0.2) is 69.8 Å². The van der Waals surface area contributed by atoms with E-state index in [1.807, 2.05) is 109 Å². The second kappa shape index (κ2) is 26.6. The molecule has 0 saturated carbocycles. The minimum Gasteiger partial charge on any atom is -0.255 e. The normalized spacial score (nSPS) is 10.8. The molecule has 0 atom stereocenters. The first-order valence-electron chi connectivity index (χ1n) is 22.3. The number of pyridine rings is 6. The first kappa shape index (κ1) is 62.3. The van der Waals surface area contributed by atoms with Crippen LogP contribution in [0.25, 0.3) is 34.2 Å². The Morgan fingerprint density at radius 3 is 0.415 bits per heavy atom. The van der Waals surface area contributed by atoms with Gasteiger partial charge in [-0.15, -0.1) is 21.9 Å². The van der Waals surface area contributed by atoms with Crippen LogP contribution in [0.15, 0.2) is 146 Å². The summed E-state index contributed by atoms with van der Waals surface area (Å²) in [6.45, 7) is 0. The van der Waals surface area contributed by atoms with E-state index in [1.54, 1.807) is 37.2 Å². The van der Waals surface area contributed by atoms with Crippen LogP contribution in [0, 0.1) is 116 Å². The Bertz CT molecular complexity index is 3200. The van der Waals surface area contributed by atoms with Crippen LogP contribution in [0.5, 0.6) is 0 Å². The van der Waals surface area contributed by atoms with Crippen molar-refractivity contribution in [2.75, 3.05) is 0 Å². The third-order valence-electron chi connectivity index (χ3n) is 11.5. The molecule has 0 spiro atoms. The zero-order valence-electron chi connectivity index (χ0n) is 40.0. The summed E-state index contributed by atoms with van der Waals surface area (Å²) in [6, 6.07) is 34.8. The second-order valence-corrected chi connectivity index (χ2v) is 16.1. The van der Waals surface area contributed by atoms with Crippen LogP contribution < -0.4 is 21.9 Å². The minimum atomic E-state index is -7.22. The molecule has 82 heavy (non-hydrogen) atoms. The molecule has 0 amide bonds. The van der Waals surface area contributed by atoms with Crippen LogP contribution in [0.4, 0.5) is 87.8 Å². The predicted molar refractivity (Wildman–Crippen MR) is 252 cm³/mol. The number of hydrogen-bond acceptors (Lipinski definition) is 6. The number of halogens is 20. The Morgan fingerprint density at radius 1 is 0.183 bits per heavy atom. The van der Waals surface area contributed by atoms with Crippen LogP contribution in [0.3, 0.4) is 0 Å². The van der Waals surface area contributed by atoms with Crippen LogP contribution in [-0.2, 0) is 19.5 Å². The van der Waals surface area contributed by atoms with Crippen molar-refractivity contribution in [3.8, 4) is 34.2 Å². The molecule has 0 aliphatic rings. The molecule has 0 aliphatic heterocycles. The Hall–Kier alpha value is -8.93. The van der Waals surface area contributed by atoms with E-state index in [0.717, 1.165) is 34.2 Å². The largest absolute Gasteiger partial charge is 0.255 e. The van der Waals surface area contributed by atoms with Gasteiger partial charge in [0, 0.05) is 56.7 Å². The molecule has 6 aromatic heterocycles. The van der Waals surface area contributed by atoms with Gasteiger partial charge >= 0.3 is 0 Å². The van der Waals surface area contributed by atoms with Gasteiger partial charge in [0.05, 0.1) is 34.2 Å². The van der Waals surface area contributed by atoms with E-state index >= 15 is 35.1 Å². The van der Waals surface area contributed by atoms with Gasteiger partial charge in [0.25, 0.3) is 0 Å². The van der Waals surface area contributed by atoms with Gasteiger partial charge in [-0.1, -0.05) is 36.4 Å². The van der Waals surface area contributed by atoms with Crippen molar-refractivity contribution in [3.63, 3.8) is 0 Å². The van der Waals surface area contributed by atoms with Gasteiger partial charge in [-0.25, -0.2) is 87.8 Å². The summed E-state index contributed by atoms with van der Waals surface area (Å²) in [7, 11) is 0. The van der Waals surface area contributed by atoms with E-state index in [0.29, 0.717) is 0 Å². The Balaban J connectivity index is 0.000000230. The van der Waals surface area contributed by atoms with Crippen molar-refractivity contribution in [1.82, 2.24) is 29.9 Å². The fourth-order valence-corrected chi connectivity index (χ4v) is 7.96. The van der Waals surface area contributed by atoms with Gasteiger partial charge < -0.3 is 0 Å². The van der Waals surface area contributed by atoms with Gasteiger partial charge in [-0.3, -0.25) is 29.9 Å². The van der Waals surface area contributed by atoms with E-state index in [4.69, 9.17) is 0 Å². The summed E-state index contributed by atoms with van der Waals surface area (Å²) in [5, 5.41) is 0. The van der Waals surface area contributed by atoms with Crippen molar-refractivity contribution < 1.29 is 107 Å². The van der Waals surface area contributed by atoms with E-state index in [1.165, 1.54) is 0 Å². The van der Waals surface area contributed by atoms with E-state index in [2.05, 4.69) is 29.9 Å². The summed E-state index contributed by atoms with van der Waals surface area (Å²) < 4.78 is 294. The van der Waals surface area contributed by atoms with Gasteiger partial charge in [-0.2, -0.15) is 0 Å². The monoisotopic (exact) mass is 1250 g/mol. The average Bonchev–Trinajstić information content (AvgIpc) is 2.46. The Kier molecular flexibility index (Phi) is 20.2. The molecule has 0 radical (unpaired) electrons. The summed E-state index contributed by atoms with van der Waals surface area (Å²) >= 11 is 0. The average molecular weight is 1250 g/mol. The molecule has 6 nitrogen and oxygen atoms in total. The number of rotatable bonds is 7. The van der Waals surface area contributed by atoms with Crippen LogP contribution in [0.2, 0.25) is 0 Å². The maximum absolute atomic E-state index is 15.4. The molecule has 10 aromatic rings. The SMILES string of the molecule is Fc1c(F)c(F)c([B-](c2c(F)c(F)c(F)c(F)c2F)(c2c(F)c(F)c(F)c(F)c2F)c2c(F)c(F)c(F)c(F)c2F)c(F)c1F.[Ru].c1ccc(-c2ccccn2)nc1.c1ccc(-c2ccccn2)nc1.c1ccc(-c2ccccn2)nc1. The zero-order valence-corrected chi connectivity index (χ0v) is 41.8. The molecule has 0 N–H and O–H groups in total. The van der Waals surface area contributed by atoms with Crippen molar-refractivity contribution in [2.24, 2.45) is 0 Å². The van der Waals surface area contributed by atoms with Crippen LogP contribution in [0.1, 0.15) is 0 Å². The fraction of sp³-hybridized carbons (Fsp3) is 0. The van der Waals surface area contributed by atoms with Crippen molar-refractivity contribution in [2.45, 2.75) is 0 Å². The second-order valence-electron chi connectivity index (χ2n) is 16.1. The molecular formula is C54H24BF20N6Ru-. The smallest absolute Gasteiger partial charge is 0.200 e. The van der Waals surface area contributed by atoms with Gasteiger partial charge in [0.1, 0.15) is 52.7 Å². The van der Waals surface area contributed by atoms with E-state index in [-0.39, 0.29) is 19.5 Å². The predicted octanol–water partition coefficient (Wildman–Crippen LogP) is 12.3. The first-order chi connectivity index (χ1) is 38.6. The standard InChI is InChI=1S/C24BF20.3C10H8N2.Ru/c26-5-1(6(27)14(35)21(42)13(5)34)25(2-7(28)15(36)22(43)16(37)8(2)29,3-9(30)17(38)23(44)18(39)10(3)31)4-11(32)19(40)24(45)20(41)12(4)33;3*1-3-7-11-9(5-1)10-6-2-4-8-12-10;/h;3*1-8H;/q-1;;;;. The maximum Gasteiger partial charge on any atom is 0.200 e. The summed E-state index contributed by atoms with van der Waals surface area (Å²) in [5.41, 5.74) is -8.84. The molecule has 28 heteroatoms. The van der Waals surface area contributed by atoms with Crippen molar-refractivity contribution in [1.29, 1.82) is 0 Å². The quantitative estimate of drug-likeness (QED) is 0.0685. The zero-order chi connectivity index (χ0) is 59.0. The molecule has 4 aromatic carbocycles. The number of hydrogen-bond donors (Lipinski definition) is 0. The molecule has 422 valence electrons. The summed E-state index contributed by atoms with van der Waals surface area (Å²) in [4.78, 5) is 25.1. The molecule has 0 unspecified atom stereocenters. The van der Waals surface area contributed by atoms with Crippen molar-refractivity contribution in [3.05, 3.63) is 263 Å². The molecule has 0 saturated heterocycles. The number of aromatic nitrogens is 6. The molecule has 0 bridgehead atoms. The third kappa shape index (κ3) is 11.9. The molecule has 10 rings (SSSR count). The minimum absolute atomic E-state index is 0. The van der Waals surface area contributed by atoms with Gasteiger partial charge in [0.2, 0.25) is 0 Å². The van der Waals surface area contributed by atoms with Crippen molar-refractivity contribution >= 4 is 28.0 Å². The topological polar surface area (TPSA) is 77.3 Å². The first-order valence-corrected chi connectivity index (χ1v) is 22.3. The molecular weight excluding hydrogens is 1220 g/mol. The van der Waals surface area contributed by atoms with Gasteiger partial charge in [-0.05, 0) is 72.8 Å². The third-order valence-corrected chi connectivity index (χ3v) is 11.5.